The van der Waals surface area contributed by atoms with E-state index in [1.54, 1.807) is 18.4 Å². The summed E-state index contributed by atoms with van der Waals surface area (Å²) in [5.74, 6) is 0.479. The first kappa shape index (κ1) is 12.1. The Kier molecular flexibility index (Phi) is 3.44. The van der Waals surface area contributed by atoms with Crippen LogP contribution in [0.4, 0.5) is 5.82 Å². The number of hydrogen-bond donors (Lipinski definition) is 2. The van der Waals surface area contributed by atoms with E-state index in [9.17, 15) is 4.79 Å². The zero-order valence-electron chi connectivity index (χ0n) is 9.37. The van der Waals surface area contributed by atoms with Crippen LogP contribution in [0.3, 0.4) is 0 Å². The van der Waals surface area contributed by atoms with Crippen molar-refractivity contribution in [2.75, 3.05) is 18.9 Å². The number of aryl methyl sites for hydroxylation is 1. The highest BCUT2D eigenvalue weighted by atomic mass is 35.5. The summed E-state index contributed by atoms with van der Waals surface area (Å²) in [5.41, 5.74) is 0. The molecule has 17 heavy (non-hydrogen) atoms. The van der Waals surface area contributed by atoms with Gasteiger partial charge in [-0.05, 0) is 24.6 Å². The molecule has 2 aromatic rings. The molecule has 7 heteroatoms. The lowest BCUT2D eigenvalue weighted by Crippen LogP contribution is -2.26. The van der Waals surface area contributed by atoms with Gasteiger partial charge in [-0.1, -0.05) is 0 Å². The Morgan fingerprint density at radius 2 is 2.29 bits per heavy atom. The minimum atomic E-state index is -0.111. The van der Waals surface area contributed by atoms with E-state index in [4.69, 9.17) is 11.6 Å². The lowest BCUT2D eigenvalue weighted by atomic mass is 10.3. The van der Waals surface area contributed by atoms with Crippen molar-refractivity contribution in [2.24, 2.45) is 0 Å². The number of hydrogen-bond acceptors (Lipinski definition) is 5. The number of nitrogens with zero attached hydrogens (tertiary/aromatic N) is 2. The van der Waals surface area contributed by atoms with Crippen LogP contribution in [0.5, 0.6) is 0 Å². The second-order valence-corrected chi connectivity index (χ2v) is 5.02. The number of thiophene rings is 1. The molecular weight excluding hydrogens is 260 g/mol. The van der Waals surface area contributed by atoms with E-state index in [2.05, 4.69) is 20.6 Å². The normalized spacial score (nSPS) is 10.5. The van der Waals surface area contributed by atoms with Gasteiger partial charge in [0.1, 0.15) is 10.6 Å². The molecular formula is C10H11ClN4OS. The number of likely N-dealkylation sites (N-methyl/N-ethyl adjacent to an activating group) is 1. The van der Waals surface area contributed by atoms with Crippen LogP contribution < -0.4 is 10.6 Å². The van der Waals surface area contributed by atoms with Gasteiger partial charge in [-0.15, -0.1) is 11.3 Å². The summed E-state index contributed by atoms with van der Waals surface area (Å²) in [6, 6.07) is 1.97. The standard InChI is InChI=1S/C10H11ClN4OS/c1-5-3-6-8(13-4-7(16)12-2)14-10(11)15-9(6)17-5/h3H,4H2,1-2H3,(H,12,16)(H,13,14,15). The summed E-state index contributed by atoms with van der Waals surface area (Å²) in [6.45, 7) is 2.15. The minimum Gasteiger partial charge on any atom is -0.360 e. The average Bonchev–Trinajstić information content (AvgIpc) is 2.65. The van der Waals surface area contributed by atoms with Gasteiger partial charge in [0, 0.05) is 11.9 Å². The Hall–Kier alpha value is -1.40. The van der Waals surface area contributed by atoms with Crippen molar-refractivity contribution in [1.29, 1.82) is 0 Å². The van der Waals surface area contributed by atoms with Crippen molar-refractivity contribution in [3.63, 3.8) is 0 Å². The summed E-state index contributed by atoms with van der Waals surface area (Å²) in [6.07, 6.45) is 0. The predicted octanol–water partition coefficient (Wildman–Crippen LogP) is 1.81. The Labute approximate surface area is 107 Å². The van der Waals surface area contributed by atoms with E-state index in [0.29, 0.717) is 5.82 Å². The number of amides is 1. The first-order valence-electron chi connectivity index (χ1n) is 4.98. The fraction of sp³-hybridized carbons (Fsp3) is 0.300. The van der Waals surface area contributed by atoms with Crippen molar-refractivity contribution in [3.05, 3.63) is 16.2 Å². The lowest BCUT2D eigenvalue weighted by Gasteiger charge is -2.05. The molecule has 0 aliphatic rings. The molecule has 0 bridgehead atoms. The monoisotopic (exact) mass is 270 g/mol. The molecule has 2 N–H and O–H groups in total. The van der Waals surface area contributed by atoms with Crippen molar-refractivity contribution in [1.82, 2.24) is 15.3 Å². The Bertz CT molecular complexity index is 569. The highest BCUT2D eigenvalue weighted by Gasteiger charge is 2.10. The molecule has 90 valence electrons. The van der Waals surface area contributed by atoms with Gasteiger partial charge >= 0.3 is 0 Å². The molecule has 0 unspecified atom stereocenters. The summed E-state index contributed by atoms with van der Waals surface area (Å²) in [7, 11) is 1.58. The van der Waals surface area contributed by atoms with E-state index in [1.165, 1.54) is 0 Å². The smallest absolute Gasteiger partial charge is 0.239 e. The SMILES string of the molecule is CNC(=O)CNc1nc(Cl)nc2sc(C)cc12. The molecule has 0 saturated carbocycles. The van der Waals surface area contributed by atoms with Crippen LogP contribution in [0, 0.1) is 6.92 Å². The zero-order valence-corrected chi connectivity index (χ0v) is 10.9. The lowest BCUT2D eigenvalue weighted by molar-refractivity contribution is -0.118. The predicted molar refractivity (Wildman–Crippen MR) is 69.7 cm³/mol. The van der Waals surface area contributed by atoms with Gasteiger partial charge in [-0.3, -0.25) is 4.79 Å². The molecule has 2 heterocycles. The number of aromatic nitrogens is 2. The first-order valence-corrected chi connectivity index (χ1v) is 6.17. The molecule has 0 spiro atoms. The maximum atomic E-state index is 11.2. The van der Waals surface area contributed by atoms with E-state index < -0.39 is 0 Å². The van der Waals surface area contributed by atoms with Gasteiger partial charge in [0.15, 0.2) is 0 Å². The number of nitrogens with one attached hydrogen (secondary N) is 2. The molecule has 0 radical (unpaired) electrons. The van der Waals surface area contributed by atoms with Crippen molar-refractivity contribution < 1.29 is 4.79 Å². The van der Waals surface area contributed by atoms with Crippen molar-refractivity contribution >= 4 is 44.9 Å². The van der Waals surface area contributed by atoms with Gasteiger partial charge in [-0.2, -0.15) is 0 Å². The zero-order chi connectivity index (χ0) is 12.4. The molecule has 0 atom stereocenters. The van der Waals surface area contributed by atoms with Gasteiger partial charge in [0.05, 0.1) is 11.9 Å². The Balaban J connectivity index is 2.34. The Morgan fingerprint density at radius 3 is 3.00 bits per heavy atom. The maximum Gasteiger partial charge on any atom is 0.239 e. The van der Waals surface area contributed by atoms with E-state index in [1.807, 2.05) is 13.0 Å². The fourth-order valence-electron chi connectivity index (χ4n) is 1.40. The van der Waals surface area contributed by atoms with E-state index in [0.717, 1.165) is 15.1 Å². The minimum absolute atomic E-state index is 0.111. The third-order valence-electron chi connectivity index (χ3n) is 2.18. The highest BCUT2D eigenvalue weighted by molar-refractivity contribution is 7.18. The highest BCUT2D eigenvalue weighted by Crippen LogP contribution is 2.29. The van der Waals surface area contributed by atoms with E-state index in [-0.39, 0.29) is 17.7 Å². The third-order valence-corrected chi connectivity index (χ3v) is 3.30. The van der Waals surface area contributed by atoms with Crippen LogP contribution in [0.15, 0.2) is 6.07 Å². The Morgan fingerprint density at radius 1 is 1.53 bits per heavy atom. The van der Waals surface area contributed by atoms with Gasteiger partial charge in [0.2, 0.25) is 11.2 Å². The molecule has 0 aliphatic carbocycles. The number of anilines is 1. The summed E-state index contributed by atoms with van der Waals surface area (Å²) in [4.78, 5) is 21.3. The average molecular weight is 271 g/mol. The molecule has 2 rings (SSSR count). The van der Waals surface area contributed by atoms with Crippen LogP contribution >= 0.6 is 22.9 Å². The molecule has 0 fully saturated rings. The second kappa shape index (κ2) is 4.85. The van der Waals surface area contributed by atoms with Gasteiger partial charge < -0.3 is 10.6 Å². The van der Waals surface area contributed by atoms with Crippen LogP contribution in [0.2, 0.25) is 5.28 Å². The summed E-state index contributed by atoms with van der Waals surface area (Å²) < 4.78 is 0. The number of fused-ring (bicyclic) bond motifs is 1. The molecule has 1 amide bonds. The van der Waals surface area contributed by atoms with Crippen LogP contribution in [0.25, 0.3) is 10.2 Å². The molecule has 2 aromatic heterocycles. The number of carbonyl (C=O) groups is 1. The topological polar surface area (TPSA) is 66.9 Å². The first-order chi connectivity index (χ1) is 8.10. The molecule has 0 aliphatic heterocycles. The molecule has 0 aromatic carbocycles. The van der Waals surface area contributed by atoms with Gasteiger partial charge in [-0.25, -0.2) is 9.97 Å². The van der Waals surface area contributed by atoms with Crippen LogP contribution in [-0.4, -0.2) is 29.5 Å². The third kappa shape index (κ3) is 2.65. The molecule has 5 nitrogen and oxygen atoms in total. The van der Waals surface area contributed by atoms with Crippen LogP contribution in [-0.2, 0) is 4.79 Å². The quantitative estimate of drug-likeness (QED) is 0.835. The molecule has 0 saturated heterocycles. The summed E-state index contributed by atoms with van der Waals surface area (Å²) >= 11 is 7.37. The number of rotatable bonds is 3. The summed E-state index contributed by atoms with van der Waals surface area (Å²) in [5, 5.41) is 6.55. The fourth-order valence-corrected chi connectivity index (χ4v) is 2.50. The van der Waals surface area contributed by atoms with Crippen LogP contribution in [0.1, 0.15) is 4.88 Å². The second-order valence-electron chi connectivity index (χ2n) is 3.44. The van der Waals surface area contributed by atoms with Gasteiger partial charge in [0.25, 0.3) is 0 Å². The number of carbonyl (C=O) groups excluding carboxylic acids is 1. The van der Waals surface area contributed by atoms with E-state index >= 15 is 0 Å². The van der Waals surface area contributed by atoms with Crippen molar-refractivity contribution in [2.45, 2.75) is 6.92 Å². The number of halogens is 1. The largest absolute Gasteiger partial charge is 0.360 e. The van der Waals surface area contributed by atoms with Crippen molar-refractivity contribution in [3.8, 4) is 0 Å². The maximum absolute atomic E-state index is 11.2.